The minimum atomic E-state index is -0.446. The summed E-state index contributed by atoms with van der Waals surface area (Å²) in [6.45, 7) is 3.13. The summed E-state index contributed by atoms with van der Waals surface area (Å²) >= 11 is 0. The largest absolute Gasteiger partial charge is 0.366 e. The lowest BCUT2D eigenvalue weighted by atomic mass is 10.0. The number of aromatic amines is 1. The van der Waals surface area contributed by atoms with Crippen LogP contribution in [-0.4, -0.2) is 52.9 Å². The van der Waals surface area contributed by atoms with Crippen molar-refractivity contribution in [3.63, 3.8) is 0 Å². The van der Waals surface area contributed by atoms with Crippen molar-refractivity contribution in [3.8, 4) is 22.3 Å². The van der Waals surface area contributed by atoms with Crippen LogP contribution in [0, 0.1) is 0 Å². The molecule has 2 aromatic heterocycles. The topological polar surface area (TPSA) is 104 Å². The van der Waals surface area contributed by atoms with Gasteiger partial charge in [0.15, 0.2) is 0 Å². The zero-order valence-corrected chi connectivity index (χ0v) is 18.7. The summed E-state index contributed by atoms with van der Waals surface area (Å²) in [6, 6.07) is 17.0. The van der Waals surface area contributed by atoms with Gasteiger partial charge in [0.2, 0.25) is 5.91 Å². The lowest BCUT2D eigenvalue weighted by Gasteiger charge is -2.27. The number of carbonyl (C=O) groups is 2. The Bertz CT molecular complexity index is 1290. The fourth-order valence-corrected chi connectivity index (χ4v) is 4.07. The average molecular weight is 462 g/mol. The Labute approximate surface area is 197 Å². The third-order valence-corrected chi connectivity index (χ3v) is 5.88. The number of nitrogens with zero attached hydrogens (tertiary/aromatic N) is 2. The lowest BCUT2D eigenvalue weighted by molar-refractivity contribution is 0.0735. The molecule has 0 saturated carbocycles. The molecule has 0 spiro atoms. The molecule has 0 radical (unpaired) electrons. The van der Waals surface area contributed by atoms with Crippen LogP contribution in [0.4, 0.5) is 0 Å². The van der Waals surface area contributed by atoms with Gasteiger partial charge in [-0.15, -0.1) is 12.4 Å². The second kappa shape index (κ2) is 9.44. The Kier molecular flexibility index (Phi) is 6.44. The van der Waals surface area contributed by atoms with Crippen LogP contribution >= 0.6 is 12.4 Å². The van der Waals surface area contributed by atoms with E-state index < -0.39 is 5.91 Å². The molecule has 5 rings (SSSR count). The number of aromatic nitrogens is 2. The van der Waals surface area contributed by atoms with Crippen molar-refractivity contribution in [1.82, 2.24) is 20.2 Å². The van der Waals surface area contributed by atoms with Crippen LogP contribution in [0.1, 0.15) is 20.7 Å². The molecule has 0 aliphatic carbocycles. The molecule has 168 valence electrons. The predicted molar refractivity (Wildman–Crippen MR) is 132 cm³/mol. The van der Waals surface area contributed by atoms with E-state index in [1.54, 1.807) is 12.1 Å². The summed E-state index contributed by atoms with van der Waals surface area (Å²) < 4.78 is 0. The van der Waals surface area contributed by atoms with Crippen LogP contribution < -0.4 is 11.1 Å². The molecule has 7 nitrogen and oxygen atoms in total. The number of rotatable bonds is 4. The maximum Gasteiger partial charge on any atom is 0.253 e. The SMILES string of the molecule is Cl.NC(=O)c1ccc(-c2c[nH]c3ncc(-c4ccc(C(=O)N5CCNCC5)cc4)cc23)cc1. The molecule has 0 unspecified atom stereocenters. The van der Waals surface area contributed by atoms with Crippen molar-refractivity contribution in [2.24, 2.45) is 5.73 Å². The first kappa shape index (κ1) is 22.5. The summed E-state index contributed by atoms with van der Waals surface area (Å²) in [7, 11) is 0. The minimum absolute atomic E-state index is 0. The normalized spacial score (nSPS) is 13.5. The molecule has 1 fully saturated rings. The highest BCUT2D eigenvalue weighted by atomic mass is 35.5. The number of piperazine rings is 1. The summed E-state index contributed by atoms with van der Waals surface area (Å²) in [6.07, 6.45) is 3.74. The van der Waals surface area contributed by atoms with E-state index in [-0.39, 0.29) is 18.3 Å². The number of hydrogen-bond acceptors (Lipinski definition) is 4. The van der Waals surface area contributed by atoms with E-state index in [1.165, 1.54) is 0 Å². The van der Waals surface area contributed by atoms with Crippen LogP contribution in [0.2, 0.25) is 0 Å². The molecule has 0 bridgehead atoms. The smallest absolute Gasteiger partial charge is 0.253 e. The molecule has 1 aliphatic rings. The Balaban J connectivity index is 0.00000259. The summed E-state index contributed by atoms with van der Waals surface area (Å²) in [4.78, 5) is 33.7. The van der Waals surface area contributed by atoms with Crippen molar-refractivity contribution in [2.45, 2.75) is 0 Å². The number of benzene rings is 2. The first-order chi connectivity index (χ1) is 15.6. The highest BCUT2D eigenvalue weighted by Gasteiger charge is 2.18. The van der Waals surface area contributed by atoms with Gasteiger partial charge in [-0.2, -0.15) is 0 Å². The van der Waals surface area contributed by atoms with Crippen molar-refractivity contribution in [2.75, 3.05) is 26.2 Å². The van der Waals surface area contributed by atoms with E-state index in [1.807, 2.05) is 53.7 Å². The molecule has 8 heteroatoms. The Morgan fingerprint density at radius 1 is 0.879 bits per heavy atom. The Hall–Kier alpha value is -3.68. The summed E-state index contributed by atoms with van der Waals surface area (Å²) in [5.74, 6) is -0.378. The summed E-state index contributed by atoms with van der Waals surface area (Å²) in [5, 5.41) is 4.25. The monoisotopic (exact) mass is 461 g/mol. The molecule has 4 aromatic rings. The van der Waals surface area contributed by atoms with E-state index in [2.05, 4.69) is 21.4 Å². The molecule has 2 amide bonds. The van der Waals surface area contributed by atoms with Crippen LogP contribution in [0.5, 0.6) is 0 Å². The zero-order valence-electron chi connectivity index (χ0n) is 17.9. The fourth-order valence-electron chi connectivity index (χ4n) is 4.07. The third kappa shape index (κ3) is 4.46. The fraction of sp³-hybridized carbons (Fsp3) is 0.160. The van der Waals surface area contributed by atoms with Crippen LogP contribution in [0.3, 0.4) is 0 Å². The standard InChI is InChI=1S/C25H23N5O2.ClH/c26-23(31)18-5-3-17(4-6-18)22-15-29-24-21(22)13-20(14-28-24)16-1-7-19(8-2-16)25(32)30-11-9-27-10-12-30;/h1-8,13-15,27H,9-12H2,(H2,26,31)(H,28,29);1H. The van der Waals surface area contributed by atoms with Gasteiger partial charge in [0.25, 0.3) is 5.91 Å². The number of fused-ring (bicyclic) bond motifs is 1. The van der Waals surface area contributed by atoms with E-state index in [0.717, 1.165) is 59.5 Å². The number of nitrogens with two attached hydrogens (primary N) is 1. The van der Waals surface area contributed by atoms with Crippen molar-refractivity contribution in [1.29, 1.82) is 0 Å². The number of carbonyl (C=O) groups excluding carboxylic acids is 2. The van der Waals surface area contributed by atoms with Gasteiger partial charge in [-0.3, -0.25) is 9.59 Å². The molecule has 1 aliphatic heterocycles. The molecule has 0 atom stereocenters. The van der Waals surface area contributed by atoms with Gasteiger partial charge in [0, 0.05) is 66.2 Å². The van der Waals surface area contributed by atoms with Gasteiger partial charge in [0.05, 0.1) is 0 Å². The Morgan fingerprint density at radius 3 is 2.18 bits per heavy atom. The van der Waals surface area contributed by atoms with E-state index >= 15 is 0 Å². The van der Waals surface area contributed by atoms with Crippen molar-refractivity contribution in [3.05, 3.63) is 78.1 Å². The lowest BCUT2D eigenvalue weighted by Crippen LogP contribution is -2.46. The van der Waals surface area contributed by atoms with Crippen LogP contribution in [0.25, 0.3) is 33.3 Å². The molecule has 33 heavy (non-hydrogen) atoms. The minimum Gasteiger partial charge on any atom is -0.366 e. The third-order valence-electron chi connectivity index (χ3n) is 5.88. The molecule has 1 saturated heterocycles. The van der Waals surface area contributed by atoms with Gasteiger partial charge < -0.3 is 20.9 Å². The van der Waals surface area contributed by atoms with Gasteiger partial charge in [0.1, 0.15) is 5.65 Å². The number of hydrogen-bond donors (Lipinski definition) is 3. The van der Waals surface area contributed by atoms with Gasteiger partial charge in [-0.05, 0) is 41.5 Å². The number of pyridine rings is 1. The predicted octanol–water partition coefficient (Wildman–Crippen LogP) is 3.46. The van der Waals surface area contributed by atoms with E-state index in [0.29, 0.717) is 11.1 Å². The van der Waals surface area contributed by atoms with E-state index in [4.69, 9.17) is 5.73 Å². The zero-order chi connectivity index (χ0) is 22.1. The first-order valence-electron chi connectivity index (χ1n) is 10.6. The highest BCUT2D eigenvalue weighted by molar-refractivity contribution is 5.98. The summed E-state index contributed by atoms with van der Waals surface area (Å²) in [5.41, 5.74) is 11.2. The molecular weight excluding hydrogens is 438 g/mol. The maximum absolute atomic E-state index is 12.7. The second-order valence-electron chi connectivity index (χ2n) is 7.88. The number of amides is 2. The Morgan fingerprint density at radius 2 is 1.52 bits per heavy atom. The molecule has 2 aromatic carbocycles. The van der Waals surface area contributed by atoms with Gasteiger partial charge in [-0.1, -0.05) is 24.3 Å². The average Bonchev–Trinajstić information content (AvgIpc) is 3.27. The van der Waals surface area contributed by atoms with Gasteiger partial charge >= 0.3 is 0 Å². The second-order valence-corrected chi connectivity index (χ2v) is 7.88. The quantitative estimate of drug-likeness (QED) is 0.433. The first-order valence-corrected chi connectivity index (χ1v) is 10.6. The number of primary amides is 1. The molecular formula is C25H24ClN5O2. The van der Waals surface area contributed by atoms with Crippen LogP contribution in [0.15, 0.2) is 67.0 Å². The number of H-pyrrole nitrogens is 1. The van der Waals surface area contributed by atoms with Crippen molar-refractivity contribution < 1.29 is 9.59 Å². The highest BCUT2D eigenvalue weighted by Crippen LogP contribution is 2.31. The maximum atomic E-state index is 12.7. The van der Waals surface area contributed by atoms with Crippen LogP contribution in [-0.2, 0) is 0 Å². The molecule has 3 heterocycles. The number of nitrogens with one attached hydrogen (secondary N) is 2. The van der Waals surface area contributed by atoms with Gasteiger partial charge in [-0.25, -0.2) is 4.98 Å². The molecule has 4 N–H and O–H groups in total. The van der Waals surface area contributed by atoms with E-state index in [9.17, 15) is 9.59 Å². The number of halogens is 1. The van der Waals surface area contributed by atoms with Crippen molar-refractivity contribution >= 4 is 35.3 Å².